The van der Waals surface area contributed by atoms with Gasteiger partial charge >= 0.3 is 0 Å². The molecule has 1 heterocycles. The Balaban J connectivity index is 0.000000509. The predicted octanol–water partition coefficient (Wildman–Crippen LogP) is 4.84. The minimum Gasteiger partial charge on any atom is -0.324 e. The summed E-state index contributed by atoms with van der Waals surface area (Å²) in [4.78, 5) is 0. The first-order valence-electron chi connectivity index (χ1n) is 6.06. The molecule has 0 amide bonds. The van der Waals surface area contributed by atoms with Gasteiger partial charge in [-0.25, -0.2) is 0 Å². The van der Waals surface area contributed by atoms with Crippen molar-refractivity contribution in [3.8, 4) is 5.69 Å². The molecule has 0 saturated heterocycles. The first-order valence-corrected chi connectivity index (χ1v) is 6.06. The fraction of sp³-hybridized carbons (Fsp3) is 0.333. The molecule has 0 radical (unpaired) electrons. The molecule has 1 aromatic heterocycles. The smallest absolute Gasteiger partial charge is 0.0449 e. The molecule has 2 rings (SSSR count). The molecule has 1 heteroatoms. The number of rotatable bonds is 1. The summed E-state index contributed by atoms with van der Waals surface area (Å²) in [5.41, 5.74) is 2.51. The first-order chi connectivity index (χ1) is 7.86. The van der Waals surface area contributed by atoms with E-state index in [2.05, 4.69) is 35.8 Å². The van der Waals surface area contributed by atoms with Gasteiger partial charge in [0.25, 0.3) is 0 Å². The molecule has 2 aromatic rings. The number of hydrogen-bond donors (Lipinski definition) is 0. The van der Waals surface area contributed by atoms with E-state index in [1.807, 2.05) is 52.2 Å². The van der Waals surface area contributed by atoms with Crippen molar-refractivity contribution in [1.82, 2.24) is 4.57 Å². The van der Waals surface area contributed by atoms with E-state index in [1.165, 1.54) is 11.3 Å². The molecule has 0 aliphatic heterocycles. The summed E-state index contributed by atoms with van der Waals surface area (Å²) in [5, 5.41) is 0. The van der Waals surface area contributed by atoms with Gasteiger partial charge in [0.05, 0.1) is 0 Å². The van der Waals surface area contributed by atoms with Crippen LogP contribution in [-0.4, -0.2) is 4.57 Å². The van der Waals surface area contributed by atoms with Crippen LogP contribution in [-0.2, 0) is 0 Å². The van der Waals surface area contributed by atoms with Crippen LogP contribution in [0.25, 0.3) is 5.69 Å². The third-order valence-corrected chi connectivity index (χ3v) is 1.94. The summed E-state index contributed by atoms with van der Waals surface area (Å²) in [6.07, 6.45) is 4.09. The topological polar surface area (TPSA) is 4.93 Å². The van der Waals surface area contributed by atoms with Gasteiger partial charge in [-0.3, -0.25) is 0 Å². The van der Waals surface area contributed by atoms with Crippen molar-refractivity contribution >= 4 is 0 Å². The number of aromatic nitrogens is 1. The Morgan fingerprint density at radius 3 is 1.62 bits per heavy atom. The lowest BCUT2D eigenvalue weighted by molar-refractivity contribution is 1.08. The SMILES string of the molecule is CC.CC.Cc1ccc(-n2cccc2)cc1. The number of benzene rings is 1. The second kappa shape index (κ2) is 8.78. The van der Waals surface area contributed by atoms with Crippen LogP contribution in [0.3, 0.4) is 0 Å². The second-order valence-electron chi connectivity index (χ2n) is 2.93. The highest BCUT2D eigenvalue weighted by Crippen LogP contribution is 2.08. The maximum absolute atomic E-state index is 2.12. The van der Waals surface area contributed by atoms with E-state index >= 15 is 0 Å². The monoisotopic (exact) mass is 217 g/mol. The highest BCUT2D eigenvalue weighted by molar-refractivity contribution is 5.34. The Bertz CT molecular complexity index is 343. The zero-order valence-corrected chi connectivity index (χ0v) is 11.1. The first kappa shape index (κ1) is 14.5. The van der Waals surface area contributed by atoms with Gasteiger partial charge in [-0.2, -0.15) is 0 Å². The quantitative estimate of drug-likeness (QED) is 0.644. The zero-order valence-electron chi connectivity index (χ0n) is 11.1. The van der Waals surface area contributed by atoms with Gasteiger partial charge in [-0.05, 0) is 31.2 Å². The molecule has 1 aromatic carbocycles. The van der Waals surface area contributed by atoms with Crippen molar-refractivity contribution in [2.45, 2.75) is 34.6 Å². The molecule has 16 heavy (non-hydrogen) atoms. The molecule has 88 valence electrons. The Hall–Kier alpha value is -1.50. The van der Waals surface area contributed by atoms with Gasteiger partial charge in [0.1, 0.15) is 0 Å². The van der Waals surface area contributed by atoms with E-state index in [0.29, 0.717) is 0 Å². The van der Waals surface area contributed by atoms with Crippen LogP contribution >= 0.6 is 0 Å². The van der Waals surface area contributed by atoms with Crippen LogP contribution in [0.5, 0.6) is 0 Å². The van der Waals surface area contributed by atoms with Gasteiger partial charge in [-0.1, -0.05) is 45.4 Å². The van der Waals surface area contributed by atoms with Crippen LogP contribution in [0.2, 0.25) is 0 Å². The van der Waals surface area contributed by atoms with Gasteiger partial charge in [0.2, 0.25) is 0 Å². The van der Waals surface area contributed by atoms with Crippen molar-refractivity contribution in [2.24, 2.45) is 0 Å². The number of aryl methyl sites for hydroxylation is 1. The summed E-state index contributed by atoms with van der Waals surface area (Å²) in [6, 6.07) is 12.5. The fourth-order valence-electron chi connectivity index (χ4n) is 1.22. The van der Waals surface area contributed by atoms with Crippen molar-refractivity contribution < 1.29 is 0 Å². The standard InChI is InChI=1S/C11H11N.2C2H6/c1-10-4-6-11(7-5-10)12-8-2-3-9-12;2*1-2/h2-9H,1H3;2*1-2H3. The van der Waals surface area contributed by atoms with E-state index in [-0.39, 0.29) is 0 Å². The van der Waals surface area contributed by atoms with E-state index in [4.69, 9.17) is 0 Å². The van der Waals surface area contributed by atoms with Crippen molar-refractivity contribution in [3.05, 3.63) is 54.4 Å². The summed E-state index contributed by atoms with van der Waals surface area (Å²) in [6.45, 7) is 10.1. The van der Waals surface area contributed by atoms with Crippen LogP contribution in [0.1, 0.15) is 33.3 Å². The van der Waals surface area contributed by atoms with Crippen molar-refractivity contribution in [3.63, 3.8) is 0 Å². The van der Waals surface area contributed by atoms with Gasteiger partial charge in [-0.15, -0.1) is 0 Å². The molecular weight excluding hydrogens is 194 g/mol. The maximum Gasteiger partial charge on any atom is 0.0449 e. The highest BCUT2D eigenvalue weighted by atomic mass is 14.9. The Morgan fingerprint density at radius 2 is 1.19 bits per heavy atom. The third-order valence-electron chi connectivity index (χ3n) is 1.94. The molecule has 0 saturated carbocycles. The highest BCUT2D eigenvalue weighted by Gasteiger charge is 1.91. The summed E-state index contributed by atoms with van der Waals surface area (Å²) in [7, 11) is 0. The number of nitrogens with zero attached hydrogens (tertiary/aromatic N) is 1. The normalized spacial score (nSPS) is 8.31. The minimum absolute atomic E-state index is 1.21. The van der Waals surface area contributed by atoms with E-state index in [1.54, 1.807) is 0 Å². The Labute approximate surface area is 99.7 Å². The maximum atomic E-state index is 2.12. The average Bonchev–Trinajstić information content (AvgIpc) is 2.89. The molecular formula is C15H23N. The zero-order chi connectivity index (χ0) is 12.4. The van der Waals surface area contributed by atoms with Crippen LogP contribution in [0.4, 0.5) is 0 Å². The minimum atomic E-state index is 1.21. The van der Waals surface area contributed by atoms with E-state index < -0.39 is 0 Å². The summed E-state index contributed by atoms with van der Waals surface area (Å²) in [5.74, 6) is 0. The van der Waals surface area contributed by atoms with Gasteiger partial charge in [0, 0.05) is 18.1 Å². The molecule has 1 nitrogen and oxygen atoms in total. The summed E-state index contributed by atoms with van der Waals surface area (Å²) < 4.78 is 2.10. The lowest BCUT2D eigenvalue weighted by atomic mass is 10.2. The molecule has 0 N–H and O–H groups in total. The van der Waals surface area contributed by atoms with Crippen molar-refractivity contribution in [1.29, 1.82) is 0 Å². The molecule has 0 aliphatic carbocycles. The van der Waals surface area contributed by atoms with Gasteiger partial charge in [0.15, 0.2) is 0 Å². The van der Waals surface area contributed by atoms with Crippen LogP contribution in [0.15, 0.2) is 48.8 Å². The Morgan fingerprint density at radius 1 is 0.750 bits per heavy atom. The molecule has 0 spiro atoms. The third kappa shape index (κ3) is 4.35. The largest absolute Gasteiger partial charge is 0.324 e. The molecule has 0 bridgehead atoms. The molecule has 0 unspecified atom stereocenters. The lowest BCUT2D eigenvalue weighted by Crippen LogP contribution is -1.88. The van der Waals surface area contributed by atoms with E-state index in [0.717, 1.165) is 0 Å². The number of hydrogen-bond acceptors (Lipinski definition) is 0. The molecule has 0 aliphatic rings. The van der Waals surface area contributed by atoms with Crippen LogP contribution in [0, 0.1) is 6.92 Å². The molecule has 0 atom stereocenters. The molecule has 0 fully saturated rings. The van der Waals surface area contributed by atoms with Crippen molar-refractivity contribution in [2.75, 3.05) is 0 Å². The van der Waals surface area contributed by atoms with Crippen LogP contribution < -0.4 is 0 Å². The van der Waals surface area contributed by atoms with E-state index in [9.17, 15) is 0 Å². The lowest BCUT2D eigenvalue weighted by Gasteiger charge is -2.01. The summed E-state index contributed by atoms with van der Waals surface area (Å²) >= 11 is 0. The second-order valence-corrected chi connectivity index (χ2v) is 2.93. The predicted molar refractivity (Wildman–Crippen MR) is 73.2 cm³/mol. The average molecular weight is 217 g/mol. The Kier molecular flexibility index (Phi) is 7.96. The van der Waals surface area contributed by atoms with Gasteiger partial charge < -0.3 is 4.57 Å². The fourth-order valence-corrected chi connectivity index (χ4v) is 1.22.